The SMILES string of the molecule is CC(C)(C)OC(=O)NCCCNCCCCNCCCNC(=O)CCCCCCCCC(=O)NCCCNCCCCNCCCNC(=O)OC(C)(C)C. The summed E-state index contributed by atoms with van der Waals surface area (Å²) in [6, 6.07) is 0. The summed E-state index contributed by atoms with van der Waals surface area (Å²) in [4.78, 5) is 47.4. The van der Waals surface area contributed by atoms with Gasteiger partial charge < -0.3 is 52.0 Å². The highest BCUT2D eigenvalue weighted by Crippen LogP contribution is 2.09. The molecule has 0 atom stereocenters. The fourth-order valence-corrected chi connectivity index (χ4v) is 5.27. The molecule has 4 amide bonds. The molecule has 318 valence electrons. The van der Waals surface area contributed by atoms with Gasteiger partial charge in [-0.25, -0.2) is 9.59 Å². The minimum Gasteiger partial charge on any atom is -0.444 e. The fourth-order valence-electron chi connectivity index (χ4n) is 5.27. The maximum Gasteiger partial charge on any atom is 0.407 e. The molecule has 0 saturated carbocycles. The second-order valence-corrected chi connectivity index (χ2v) is 16.0. The van der Waals surface area contributed by atoms with Crippen molar-refractivity contribution in [3.05, 3.63) is 0 Å². The van der Waals surface area contributed by atoms with Crippen LogP contribution in [0, 0.1) is 0 Å². The zero-order chi connectivity index (χ0) is 40.2. The maximum absolute atomic E-state index is 12.1. The van der Waals surface area contributed by atoms with Crippen LogP contribution in [-0.2, 0) is 19.1 Å². The van der Waals surface area contributed by atoms with Gasteiger partial charge >= 0.3 is 12.2 Å². The third-order valence-corrected chi connectivity index (χ3v) is 8.07. The lowest BCUT2D eigenvalue weighted by Gasteiger charge is -2.19. The van der Waals surface area contributed by atoms with Crippen molar-refractivity contribution in [2.75, 3.05) is 78.5 Å². The Morgan fingerprint density at radius 1 is 0.333 bits per heavy atom. The Bertz CT molecular complexity index is 868. The van der Waals surface area contributed by atoms with Crippen LogP contribution in [0.2, 0.25) is 0 Å². The molecule has 0 bridgehead atoms. The number of nitrogens with one attached hydrogen (secondary N) is 8. The number of carbonyl (C=O) groups is 4. The monoisotopic (exact) mass is 771 g/mol. The largest absolute Gasteiger partial charge is 0.444 e. The maximum atomic E-state index is 12.1. The summed E-state index contributed by atoms with van der Waals surface area (Å²) >= 11 is 0. The molecule has 8 N–H and O–H groups in total. The molecule has 0 rings (SSSR count). The summed E-state index contributed by atoms with van der Waals surface area (Å²) in [5.41, 5.74) is -0.933. The van der Waals surface area contributed by atoms with Gasteiger partial charge in [0.1, 0.15) is 11.2 Å². The first-order valence-electron chi connectivity index (χ1n) is 21.1. The molecule has 0 saturated heterocycles. The van der Waals surface area contributed by atoms with Crippen molar-refractivity contribution in [3.8, 4) is 0 Å². The van der Waals surface area contributed by atoms with E-state index in [1.807, 2.05) is 41.5 Å². The first kappa shape index (κ1) is 51.3. The highest BCUT2D eigenvalue weighted by Gasteiger charge is 2.16. The van der Waals surface area contributed by atoms with E-state index in [1.165, 1.54) is 0 Å². The highest BCUT2D eigenvalue weighted by molar-refractivity contribution is 5.76. The number of hydrogen-bond acceptors (Lipinski definition) is 10. The smallest absolute Gasteiger partial charge is 0.407 e. The van der Waals surface area contributed by atoms with Crippen LogP contribution in [0.4, 0.5) is 9.59 Å². The molecule has 14 nitrogen and oxygen atoms in total. The van der Waals surface area contributed by atoms with E-state index in [0.717, 1.165) is 142 Å². The number of ether oxygens (including phenoxy) is 2. The van der Waals surface area contributed by atoms with Crippen LogP contribution >= 0.6 is 0 Å². The van der Waals surface area contributed by atoms with E-state index < -0.39 is 11.2 Å². The molecule has 0 aromatic carbocycles. The molecule has 0 aliphatic carbocycles. The minimum atomic E-state index is -0.466. The number of carbonyl (C=O) groups excluding carboxylic acids is 4. The molecule has 0 heterocycles. The van der Waals surface area contributed by atoms with Crippen molar-refractivity contribution in [1.29, 1.82) is 0 Å². The van der Waals surface area contributed by atoms with Crippen LogP contribution in [0.5, 0.6) is 0 Å². The van der Waals surface area contributed by atoms with Gasteiger partial charge in [0.05, 0.1) is 0 Å². The van der Waals surface area contributed by atoms with E-state index in [0.29, 0.717) is 39.0 Å². The lowest BCUT2D eigenvalue weighted by atomic mass is 10.1. The van der Waals surface area contributed by atoms with Crippen LogP contribution in [0.1, 0.15) is 144 Å². The van der Waals surface area contributed by atoms with Gasteiger partial charge in [-0.1, -0.05) is 25.7 Å². The molecule has 54 heavy (non-hydrogen) atoms. The van der Waals surface area contributed by atoms with Gasteiger partial charge in [0.2, 0.25) is 11.8 Å². The highest BCUT2D eigenvalue weighted by atomic mass is 16.6. The predicted octanol–water partition coefficient (Wildman–Crippen LogP) is 4.87. The van der Waals surface area contributed by atoms with Gasteiger partial charge in [-0.15, -0.1) is 0 Å². The third-order valence-electron chi connectivity index (χ3n) is 8.07. The summed E-state index contributed by atoms with van der Waals surface area (Å²) in [6.07, 6.45) is 14.6. The van der Waals surface area contributed by atoms with Gasteiger partial charge in [0, 0.05) is 39.0 Å². The van der Waals surface area contributed by atoms with Crippen molar-refractivity contribution in [2.45, 2.75) is 155 Å². The van der Waals surface area contributed by atoms with Crippen LogP contribution in [0.25, 0.3) is 0 Å². The molecule has 14 heteroatoms. The van der Waals surface area contributed by atoms with Crippen molar-refractivity contribution >= 4 is 24.0 Å². The Morgan fingerprint density at radius 3 is 0.889 bits per heavy atom. The average Bonchev–Trinajstić information content (AvgIpc) is 3.08. The van der Waals surface area contributed by atoms with E-state index in [2.05, 4.69) is 42.5 Å². The Morgan fingerprint density at radius 2 is 0.593 bits per heavy atom. The van der Waals surface area contributed by atoms with Crippen LogP contribution in [0.15, 0.2) is 0 Å². The van der Waals surface area contributed by atoms with Crippen LogP contribution < -0.4 is 42.5 Å². The van der Waals surface area contributed by atoms with Gasteiger partial charge in [0.15, 0.2) is 0 Å². The van der Waals surface area contributed by atoms with Crippen LogP contribution in [-0.4, -0.2) is 114 Å². The number of hydrogen-bond donors (Lipinski definition) is 8. The third kappa shape index (κ3) is 42.1. The Hall–Kier alpha value is -2.68. The van der Waals surface area contributed by atoms with Gasteiger partial charge in [-0.05, 0) is 158 Å². The zero-order valence-corrected chi connectivity index (χ0v) is 35.2. The normalized spacial score (nSPS) is 11.6. The topological polar surface area (TPSA) is 183 Å². The standard InChI is InChI=1S/C40H82N8O6/c1-39(2,3)53-37(51)47-33-19-29-43-25-15-13-23-41-27-17-31-45-35(49)21-11-9-7-8-10-12-22-36(50)46-32-18-28-42-24-14-16-26-44-30-20-34-48-38(52)54-40(4,5)6/h41-44H,7-34H2,1-6H3,(H,45,49)(H,46,50)(H,47,51)(H,48,52). The molecule has 0 unspecified atom stereocenters. The molecule has 0 fully saturated rings. The second-order valence-electron chi connectivity index (χ2n) is 16.0. The predicted molar refractivity (Wildman–Crippen MR) is 220 cm³/mol. The number of unbranched alkanes of at least 4 members (excludes halogenated alkanes) is 7. The van der Waals surface area contributed by atoms with Gasteiger partial charge in [0.25, 0.3) is 0 Å². The molecular formula is C40H82N8O6. The lowest BCUT2D eigenvalue weighted by Crippen LogP contribution is -2.34. The number of rotatable bonds is 35. The Labute approximate surface area is 328 Å². The summed E-state index contributed by atoms with van der Waals surface area (Å²) in [5.74, 6) is 0.280. The minimum absolute atomic E-state index is 0.140. The molecule has 0 spiro atoms. The van der Waals surface area contributed by atoms with Crippen molar-refractivity contribution in [2.24, 2.45) is 0 Å². The summed E-state index contributed by atoms with van der Waals surface area (Å²) in [5, 5.41) is 25.3. The van der Waals surface area contributed by atoms with Crippen molar-refractivity contribution in [1.82, 2.24) is 42.5 Å². The van der Waals surface area contributed by atoms with E-state index in [4.69, 9.17) is 9.47 Å². The van der Waals surface area contributed by atoms with Crippen molar-refractivity contribution in [3.63, 3.8) is 0 Å². The van der Waals surface area contributed by atoms with Crippen LogP contribution in [0.3, 0.4) is 0 Å². The van der Waals surface area contributed by atoms with E-state index in [-0.39, 0.29) is 24.0 Å². The first-order valence-corrected chi connectivity index (χ1v) is 21.1. The summed E-state index contributed by atoms with van der Waals surface area (Å²) in [7, 11) is 0. The molecule has 0 radical (unpaired) electrons. The van der Waals surface area contributed by atoms with E-state index in [9.17, 15) is 19.2 Å². The van der Waals surface area contributed by atoms with Gasteiger partial charge in [-0.3, -0.25) is 9.59 Å². The van der Waals surface area contributed by atoms with Gasteiger partial charge in [-0.2, -0.15) is 0 Å². The number of amides is 4. The van der Waals surface area contributed by atoms with E-state index in [1.54, 1.807) is 0 Å². The first-order chi connectivity index (χ1) is 25.8. The molecule has 0 aliphatic rings. The quantitative estimate of drug-likeness (QED) is 0.0414. The number of alkyl carbamates (subject to hydrolysis) is 2. The Kier molecular flexibility index (Phi) is 33.1. The molecular weight excluding hydrogens is 688 g/mol. The average molecular weight is 771 g/mol. The molecule has 0 aromatic rings. The van der Waals surface area contributed by atoms with Crippen molar-refractivity contribution < 1.29 is 28.7 Å². The molecule has 0 aromatic heterocycles. The van der Waals surface area contributed by atoms with E-state index >= 15 is 0 Å². The summed E-state index contributed by atoms with van der Waals surface area (Å²) in [6.45, 7) is 21.2. The zero-order valence-electron chi connectivity index (χ0n) is 35.2. The lowest BCUT2D eigenvalue weighted by molar-refractivity contribution is -0.122. The Balaban J connectivity index is 3.32. The summed E-state index contributed by atoms with van der Waals surface area (Å²) < 4.78 is 10.4. The second kappa shape index (κ2) is 34.8. The molecule has 0 aliphatic heterocycles. The fraction of sp³-hybridized carbons (Fsp3) is 0.900.